The number of rotatable bonds is 8. The second-order valence-electron chi connectivity index (χ2n) is 6.50. The van der Waals surface area contributed by atoms with Gasteiger partial charge in [0.05, 0.1) is 15.7 Å². The molecule has 156 valence electrons. The van der Waals surface area contributed by atoms with Crippen LogP contribution in [0.5, 0.6) is 0 Å². The van der Waals surface area contributed by atoms with Crippen LogP contribution in [0.2, 0.25) is 0 Å². The van der Waals surface area contributed by atoms with Crippen molar-refractivity contribution in [2.24, 2.45) is 11.8 Å². The Labute approximate surface area is 179 Å². The van der Waals surface area contributed by atoms with Crippen LogP contribution in [0, 0.1) is 22.0 Å². The van der Waals surface area contributed by atoms with Crippen LogP contribution in [-0.4, -0.2) is 38.9 Å². The molecule has 1 aromatic heterocycles. The zero-order valence-corrected chi connectivity index (χ0v) is 17.4. The summed E-state index contributed by atoms with van der Waals surface area (Å²) in [6.45, 7) is 0. The van der Waals surface area contributed by atoms with Gasteiger partial charge in [0.25, 0.3) is 5.69 Å². The molecule has 1 N–H and O–H groups in total. The monoisotopic (exact) mass is 447 g/mol. The van der Waals surface area contributed by atoms with Crippen LogP contribution >= 0.6 is 23.5 Å². The van der Waals surface area contributed by atoms with Crippen LogP contribution in [0.3, 0.4) is 0 Å². The number of ketones is 1. The summed E-state index contributed by atoms with van der Waals surface area (Å²) in [6.07, 6.45) is 3.49. The van der Waals surface area contributed by atoms with Crippen molar-refractivity contribution in [2.45, 2.75) is 6.42 Å². The van der Waals surface area contributed by atoms with Crippen LogP contribution in [0.1, 0.15) is 12.2 Å². The zero-order valence-electron chi connectivity index (χ0n) is 15.8. The molecule has 0 radical (unpaired) electrons. The molecule has 2 heterocycles. The fraction of sp³-hybridized carbons (Fsp3) is 0.250. The van der Waals surface area contributed by atoms with Gasteiger partial charge in [0.15, 0.2) is 5.78 Å². The summed E-state index contributed by atoms with van der Waals surface area (Å²) >= 11 is 2.19. The van der Waals surface area contributed by atoms with E-state index in [0.29, 0.717) is 22.8 Å². The fourth-order valence-electron chi connectivity index (χ4n) is 3.07. The SMILES string of the molecule is CSCCC(C(=O)O)C1C(=O)S/C(=C/c2ccc(-c3ccc([N+](=O)[O-])cc3)o2)C1=O. The smallest absolute Gasteiger partial charge is 0.307 e. The van der Waals surface area contributed by atoms with Crippen molar-refractivity contribution in [3.05, 3.63) is 57.2 Å². The summed E-state index contributed by atoms with van der Waals surface area (Å²) in [4.78, 5) is 47.0. The third-order valence-electron chi connectivity index (χ3n) is 4.61. The Morgan fingerprint density at radius 2 is 2.00 bits per heavy atom. The van der Waals surface area contributed by atoms with Crippen molar-refractivity contribution in [1.82, 2.24) is 0 Å². The summed E-state index contributed by atoms with van der Waals surface area (Å²) in [7, 11) is 0. The number of carbonyl (C=O) groups excluding carboxylic acids is 2. The van der Waals surface area contributed by atoms with E-state index in [1.807, 2.05) is 6.26 Å². The number of hydrogen-bond acceptors (Lipinski definition) is 8. The van der Waals surface area contributed by atoms with Gasteiger partial charge in [-0.25, -0.2) is 0 Å². The van der Waals surface area contributed by atoms with E-state index in [1.165, 1.54) is 30.0 Å². The van der Waals surface area contributed by atoms with Crippen molar-refractivity contribution in [2.75, 3.05) is 12.0 Å². The van der Waals surface area contributed by atoms with Gasteiger partial charge >= 0.3 is 5.97 Å². The Morgan fingerprint density at radius 1 is 1.30 bits per heavy atom. The molecule has 0 saturated carbocycles. The van der Waals surface area contributed by atoms with E-state index in [2.05, 4.69) is 0 Å². The molecule has 1 aliphatic heterocycles. The molecular weight excluding hydrogens is 430 g/mol. The topological polar surface area (TPSA) is 128 Å². The van der Waals surface area contributed by atoms with Gasteiger partial charge in [0.1, 0.15) is 17.4 Å². The van der Waals surface area contributed by atoms with E-state index in [9.17, 15) is 29.6 Å². The molecular formula is C20H17NO7S2. The molecule has 8 nitrogen and oxygen atoms in total. The number of aliphatic carboxylic acids is 1. The number of carboxylic acids is 1. The molecule has 3 rings (SSSR count). The molecule has 2 unspecified atom stereocenters. The number of nitro benzene ring substituents is 1. The Bertz CT molecular complexity index is 1030. The number of thioether (sulfide) groups is 2. The van der Waals surface area contributed by atoms with Gasteiger partial charge < -0.3 is 9.52 Å². The van der Waals surface area contributed by atoms with E-state index >= 15 is 0 Å². The van der Waals surface area contributed by atoms with Gasteiger partial charge in [0, 0.05) is 17.7 Å². The Balaban J connectivity index is 1.80. The molecule has 1 aromatic carbocycles. The molecule has 0 spiro atoms. The Morgan fingerprint density at radius 3 is 2.60 bits per heavy atom. The number of benzene rings is 1. The van der Waals surface area contributed by atoms with Crippen LogP contribution in [0.15, 0.2) is 45.7 Å². The fourth-order valence-corrected chi connectivity index (χ4v) is 4.58. The summed E-state index contributed by atoms with van der Waals surface area (Å²) in [5, 5.41) is 19.7. The quantitative estimate of drug-likeness (QED) is 0.275. The third-order valence-corrected chi connectivity index (χ3v) is 6.24. The molecule has 2 atom stereocenters. The summed E-state index contributed by atoms with van der Waals surface area (Å²) in [5.74, 6) is -2.61. The van der Waals surface area contributed by atoms with Crippen molar-refractivity contribution >= 4 is 52.2 Å². The molecule has 30 heavy (non-hydrogen) atoms. The highest BCUT2D eigenvalue weighted by molar-refractivity contribution is 8.18. The van der Waals surface area contributed by atoms with Gasteiger partial charge in [-0.05, 0) is 60.5 Å². The standard InChI is InChI=1S/C20H17NO7S2/c1-29-9-8-14(19(23)24)17-18(22)16(30-20(17)25)10-13-6-7-15(28-13)11-2-4-12(5-3-11)21(26)27/h2-7,10,14,17H,8-9H2,1H3,(H,23,24)/b16-10+. The highest BCUT2D eigenvalue weighted by Crippen LogP contribution is 2.40. The zero-order chi connectivity index (χ0) is 21.8. The predicted molar refractivity (Wildman–Crippen MR) is 114 cm³/mol. The number of carboxylic acid groups (broad SMARTS) is 1. The lowest BCUT2D eigenvalue weighted by molar-refractivity contribution is -0.384. The maximum absolute atomic E-state index is 12.7. The van der Waals surface area contributed by atoms with E-state index in [-0.39, 0.29) is 17.0 Å². The third kappa shape index (κ3) is 4.65. The highest BCUT2D eigenvalue weighted by atomic mass is 32.2. The molecule has 0 bridgehead atoms. The maximum atomic E-state index is 12.7. The highest BCUT2D eigenvalue weighted by Gasteiger charge is 2.46. The lowest BCUT2D eigenvalue weighted by Gasteiger charge is -2.15. The molecule has 0 aliphatic carbocycles. The van der Waals surface area contributed by atoms with E-state index in [4.69, 9.17) is 4.42 Å². The molecule has 0 amide bonds. The summed E-state index contributed by atoms with van der Waals surface area (Å²) in [5.41, 5.74) is 0.576. The van der Waals surface area contributed by atoms with E-state index in [1.54, 1.807) is 24.3 Å². The Hall–Kier alpha value is -2.85. The molecule has 1 fully saturated rings. The minimum atomic E-state index is -1.20. The summed E-state index contributed by atoms with van der Waals surface area (Å²) in [6, 6.07) is 9.07. The molecule has 1 saturated heterocycles. The second-order valence-corrected chi connectivity index (χ2v) is 8.54. The van der Waals surface area contributed by atoms with Gasteiger partial charge in [-0.2, -0.15) is 11.8 Å². The largest absolute Gasteiger partial charge is 0.481 e. The minimum absolute atomic E-state index is 0.0420. The first kappa shape index (κ1) is 21.8. The van der Waals surface area contributed by atoms with E-state index in [0.717, 1.165) is 11.8 Å². The first-order chi connectivity index (χ1) is 14.3. The van der Waals surface area contributed by atoms with Gasteiger partial charge in [-0.15, -0.1) is 0 Å². The van der Waals surface area contributed by atoms with Crippen LogP contribution in [-0.2, 0) is 14.4 Å². The first-order valence-electron chi connectivity index (χ1n) is 8.86. The normalized spacial score (nSPS) is 18.7. The average molecular weight is 447 g/mol. The van der Waals surface area contributed by atoms with Crippen molar-refractivity contribution in [3.8, 4) is 11.3 Å². The number of Topliss-reactive ketones (excluding diaryl/α,β-unsaturated/α-hetero) is 1. The van der Waals surface area contributed by atoms with Gasteiger partial charge in [-0.1, -0.05) is 0 Å². The van der Waals surface area contributed by atoms with Gasteiger partial charge in [0.2, 0.25) is 5.12 Å². The second kappa shape index (κ2) is 9.31. The van der Waals surface area contributed by atoms with Crippen molar-refractivity contribution in [3.63, 3.8) is 0 Å². The van der Waals surface area contributed by atoms with Crippen molar-refractivity contribution < 1.29 is 28.8 Å². The number of allylic oxidation sites excluding steroid dienone is 1. The first-order valence-corrected chi connectivity index (χ1v) is 11.1. The summed E-state index contributed by atoms with van der Waals surface area (Å²) < 4.78 is 5.68. The minimum Gasteiger partial charge on any atom is -0.481 e. The predicted octanol–water partition coefficient (Wildman–Crippen LogP) is 4.11. The number of furan rings is 1. The van der Waals surface area contributed by atoms with Crippen LogP contribution in [0.25, 0.3) is 17.4 Å². The molecule has 10 heteroatoms. The van der Waals surface area contributed by atoms with Crippen LogP contribution < -0.4 is 0 Å². The number of carbonyl (C=O) groups is 3. The van der Waals surface area contributed by atoms with Gasteiger partial charge in [-0.3, -0.25) is 24.5 Å². The van der Waals surface area contributed by atoms with Crippen molar-refractivity contribution in [1.29, 1.82) is 0 Å². The number of nitro groups is 1. The lowest BCUT2D eigenvalue weighted by atomic mass is 9.87. The number of hydrogen-bond donors (Lipinski definition) is 1. The van der Waals surface area contributed by atoms with E-state index < -0.39 is 33.6 Å². The molecule has 2 aromatic rings. The average Bonchev–Trinajstić information content (AvgIpc) is 3.28. The van der Waals surface area contributed by atoms with Crippen LogP contribution in [0.4, 0.5) is 5.69 Å². The molecule has 1 aliphatic rings. The maximum Gasteiger partial charge on any atom is 0.307 e. The number of non-ortho nitro benzene ring substituents is 1. The Kier molecular flexibility index (Phi) is 6.78. The lowest BCUT2D eigenvalue weighted by Crippen LogP contribution is -2.31. The number of nitrogens with zero attached hydrogens (tertiary/aromatic N) is 1.